The Morgan fingerprint density at radius 2 is 1.37 bits per heavy atom. The highest BCUT2D eigenvalue weighted by Crippen LogP contribution is 2.47. The fourth-order valence-corrected chi connectivity index (χ4v) is 5.73. The van der Waals surface area contributed by atoms with Crippen LogP contribution in [0.25, 0.3) is 0 Å². The van der Waals surface area contributed by atoms with Crippen molar-refractivity contribution in [2.75, 3.05) is 21.3 Å². The molecule has 0 spiro atoms. The lowest BCUT2D eigenvalue weighted by molar-refractivity contribution is -0.104. The number of ether oxygens (including phenoxy) is 4. The van der Waals surface area contributed by atoms with E-state index in [2.05, 4.69) is 4.98 Å². The van der Waals surface area contributed by atoms with Gasteiger partial charge in [0.25, 0.3) is 5.56 Å². The van der Waals surface area contributed by atoms with Crippen molar-refractivity contribution < 1.29 is 29.2 Å². The molecule has 0 saturated carbocycles. The van der Waals surface area contributed by atoms with Crippen molar-refractivity contribution in [1.29, 1.82) is 0 Å². The minimum absolute atomic E-state index is 0.583. The molecule has 1 aliphatic heterocycles. The van der Waals surface area contributed by atoms with E-state index in [9.17, 15) is 19.8 Å². The molecule has 1 unspecified atom stereocenters. The second-order valence-electron chi connectivity index (χ2n) is 9.78. The molecule has 0 bridgehead atoms. The maximum absolute atomic E-state index is 12.6. The molecule has 3 N–H and O–H groups in total. The summed E-state index contributed by atoms with van der Waals surface area (Å²) >= 11 is 0. The molecule has 3 aromatic carbocycles. The Morgan fingerprint density at radius 1 is 0.829 bits per heavy atom. The van der Waals surface area contributed by atoms with Crippen LogP contribution in [0.1, 0.15) is 22.9 Å². The Labute approximate surface area is 236 Å². The minimum atomic E-state index is -1.35. The topological polar surface area (TPSA) is 132 Å². The molecule has 1 saturated heterocycles. The maximum Gasteiger partial charge on any atom is 0.330 e. The molecule has 5 rings (SSSR count). The zero-order chi connectivity index (χ0) is 29.1. The summed E-state index contributed by atoms with van der Waals surface area (Å²) < 4.78 is 23.8. The van der Waals surface area contributed by atoms with E-state index in [1.807, 2.05) is 78.9 Å². The number of hydrogen-bond donors (Lipinski definition) is 3. The van der Waals surface area contributed by atoms with Gasteiger partial charge in [0.15, 0.2) is 6.23 Å². The Balaban J connectivity index is 1.72. The zero-order valence-electron chi connectivity index (χ0n) is 22.8. The van der Waals surface area contributed by atoms with E-state index in [1.165, 1.54) is 13.3 Å². The lowest BCUT2D eigenvalue weighted by Crippen LogP contribution is -2.52. The van der Waals surface area contributed by atoms with Crippen molar-refractivity contribution in [2.24, 2.45) is 0 Å². The van der Waals surface area contributed by atoms with E-state index in [0.717, 1.165) is 27.3 Å². The van der Waals surface area contributed by atoms with Crippen molar-refractivity contribution in [2.45, 2.75) is 36.1 Å². The summed E-state index contributed by atoms with van der Waals surface area (Å²) in [5.41, 5.74) is -0.391. The number of nitrogens with one attached hydrogen (secondary N) is 1. The Morgan fingerprint density at radius 3 is 1.85 bits per heavy atom. The Kier molecular flexibility index (Phi) is 8.09. The Hall–Kier alpha value is -4.22. The highest BCUT2D eigenvalue weighted by molar-refractivity contribution is 5.54. The number of benzene rings is 3. The van der Waals surface area contributed by atoms with Crippen molar-refractivity contribution in [3.05, 3.63) is 129 Å². The number of methoxy groups -OCH3 is 3. The predicted octanol–water partition coefficient (Wildman–Crippen LogP) is 2.22. The monoisotopic (exact) mass is 560 g/mol. The molecule has 1 aromatic heterocycles. The molecule has 5 atom stereocenters. The van der Waals surface area contributed by atoms with Gasteiger partial charge in [0.2, 0.25) is 0 Å². The van der Waals surface area contributed by atoms with Gasteiger partial charge >= 0.3 is 5.69 Å². The molecular weight excluding hydrogens is 528 g/mol. The van der Waals surface area contributed by atoms with E-state index in [1.54, 1.807) is 14.2 Å². The van der Waals surface area contributed by atoms with Gasteiger partial charge in [-0.2, -0.15) is 0 Å². The van der Waals surface area contributed by atoms with Gasteiger partial charge in [0.05, 0.1) is 19.6 Å². The fourth-order valence-electron chi connectivity index (χ4n) is 5.73. The van der Waals surface area contributed by atoms with Crippen LogP contribution in [-0.2, 0) is 14.9 Å². The van der Waals surface area contributed by atoms with Gasteiger partial charge in [-0.3, -0.25) is 14.3 Å². The van der Waals surface area contributed by atoms with E-state index in [0.29, 0.717) is 11.5 Å². The quantitative estimate of drug-likeness (QED) is 0.266. The van der Waals surface area contributed by atoms with Gasteiger partial charge in [-0.25, -0.2) is 4.79 Å². The first kappa shape index (κ1) is 28.3. The lowest BCUT2D eigenvalue weighted by atomic mass is 9.64. The second-order valence-corrected chi connectivity index (χ2v) is 9.78. The van der Waals surface area contributed by atoms with Crippen LogP contribution < -0.4 is 20.7 Å². The van der Waals surface area contributed by atoms with E-state index in [-0.39, 0.29) is 0 Å². The maximum atomic E-state index is 12.6. The summed E-state index contributed by atoms with van der Waals surface area (Å²) in [6, 6.07) is 25.3. The SMILES string of the molecule is COc1ccc(C(c2ccccc2)(c2ccc(OC)cc2)C(O)[C@H]2O[C@@H](n3ccc(=O)[nH]c3=O)[C@H](O)[C@@H]2OC)cc1. The van der Waals surface area contributed by atoms with E-state index >= 15 is 0 Å². The average Bonchev–Trinajstić information content (AvgIpc) is 3.34. The molecule has 41 heavy (non-hydrogen) atoms. The average molecular weight is 561 g/mol. The third kappa shape index (κ3) is 4.95. The van der Waals surface area contributed by atoms with Crippen molar-refractivity contribution in [3.8, 4) is 11.5 Å². The largest absolute Gasteiger partial charge is 0.497 e. The number of hydrogen-bond acceptors (Lipinski definition) is 8. The molecular formula is C31H32N2O8. The summed E-state index contributed by atoms with van der Waals surface area (Å²) in [5.74, 6) is 1.28. The van der Waals surface area contributed by atoms with Crippen LogP contribution in [0, 0.1) is 0 Å². The lowest BCUT2D eigenvalue weighted by Gasteiger charge is -2.43. The summed E-state index contributed by atoms with van der Waals surface area (Å²) in [6.07, 6.45) is -4.84. The van der Waals surface area contributed by atoms with Gasteiger partial charge in [-0.1, -0.05) is 54.6 Å². The molecule has 10 nitrogen and oxygen atoms in total. The molecule has 1 aliphatic rings. The first-order chi connectivity index (χ1) is 19.8. The summed E-state index contributed by atoms with van der Waals surface area (Å²) in [5, 5.41) is 23.8. The van der Waals surface area contributed by atoms with E-state index < -0.39 is 47.3 Å². The highest BCUT2D eigenvalue weighted by Gasteiger charge is 2.56. The van der Waals surface area contributed by atoms with Crippen molar-refractivity contribution in [3.63, 3.8) is 0 Å². The third-order valence-corrected chi connectivity index (χ3v) is 7.72. The standard InChI is InChI=1S/C31H32N2O8/c1-38-22-13-9-20(10-14-22)31(19-7-5-4-6-8-19,21-11-15-23(39-2)16-12-21)28(36)27-26(40-3)25(35)29(41-27)33-18-17-24(34)32-30(33)37/h4-18,25-29,35-36H,1-3H3,(H,32,34,37)/t25-,26+,27+,28?,29-/m1/s1. The normalized spacial score (nSPS) is 21.4. The molecule has 2 heterocycles. The number of H-pyrrole nitrogens is 1. The summed E-state index contributed by atoms with van der Waals surface area (Å²) in [7, 11) is 4.56. The number of rotatable bonds is 9. The van der Waals surface area contributed by atoms with Gasteiger partial charge < -0.3 is 29.2 Å². The predicted molar refractivity (Wildman–Crippen MR) is 150 cm³/mol. The number of aromatic amines is 1. The molecule has 0 radical (unpaired) electrons. The first-order valence-corrected chi connectivity index (χ1v) is 13.1. The Bertz CT molecular complexity index is 1520. The molecule has 214 valence electrons. The van der Waals surface area contributed by atoms with Gasteiger partial charge in [-0.15, -0.1) is 0 Å². The van der Waals surface area contributed by atoms with Crippen LogP contribution in [0.5, 0.6) is 11.5 Å². The second kappa shape index (κ2) is 11.7. The van der Waals surface area contributed by atoms with Crippen LogP contribution in [0.3, 0.4) is 0 Å². The fraction of sp³-hybridized carbons (Fsp3) is 0.290. The molecule has 1 fully saturated rings. The van der Waals surface area contributed by atoms with E-state index in [4.69, 9.17) is 18.9 Å². The molecule has 0 aliphatic carbocycles. The number of aliphatic hydroxyl groups is 2. The van der Waals surface area contributed by atoms with Gasteiger partial charge in [0.1, 0.15) is 35.9 Å². The van der Waals surface area contributed by atoms with Crippen LogP contribution >= 0.6 is 0 Å². The van der Waals surface area contributed by atoms with Gasteiger partial charge in [0, 0.05) is 19.4 Å². The smallest absolute Gasteiger partial charge is 0.330 e. The highest BCUT2D eigenvalue weighted by atomic mass is 16.6. The van der Waals surface area contributed by atoms with Crippen LogP contribution in [0.4, 0.5) is 0 Å². The number of aliphatic hydroxyl groups excluding tert-OH is 2. The van der Waals surface area contributed by atoms with Crippen molar-refractivity contribution in [1.82, 2.24) is 9.55 Å². The number of nitrogens with zero attached hydrogens (tertiary/aromatic N) is 1. The van der Waals surface area contributed by atoms with Crippen molar-refractivity contribution >= 4 is 0 Å². The minimum Gasteiger partial charge on any atom is -0.497 e. The van der Waals surface area contributed by atoms with Crippen LogP contribution in [-0.4, -0.2) is 65.5 Å². The summed E-state index contributed by atoms with van der Waals surface area (Å²) in [6.45, 7) is 0. The van der Waals surface area contributed by atoms with Crippen LogP contribution in [0.15, 0.2) is 101 Å². The number of aromatic nitrogens is 2. The van der Waals surface area contributed by atoms with Gasteiger partial charge in [-0.05, 0) is 41.0 Å². The molecule has 10 heteroatoms. The summed E-state index contributed by atoms with van der Waals surface area (Å²) in [4.78, 5) is 26.5. The molecule has 0 amide bonds. The molecule has 4 aromatic rings. The first-order valence-electron chi connectivity index (χ1n) is 13.1. The third-order valence-electron chi connectivity index (χ3n) is 7.72. The van der Waals surface area contributed by atoms with Crippen LogP contribution in [0.2, 0.25) is 0 Å². The zero-order valence-corrected chi connectivity index (χ0v) is 22.8.